The molecule has 118 valence electrons. The molecule has 0 unspecified atom stereocenters. The molecule has 0 amide bonds. The maximum atomic E-state index is 5.85. The Morgan fingerprint density at radius 2 is 1.55 bits per heavy atom. The molecular weight excluding hydrogens is 321 g/mol. The van der Waals surface area contributed by atoms with E-state index in [1.54, 1.807) is 0 Å². The number of halogens is 2. The second-order valence-electron chi connectivity index (χ2n) is 5.13. The Morgan fingerprint density at radius 3 is 2.14 bits per heavy atom. The summed E-state index contributed by atoms with van der Waals surface area (Å²) in [6, 6.07) is 15.5. The van der Waals surface area contributed by atoms with Gasteiger partial charge in [0.1, 0.15) is 23.9 Å². The molecule has 1 fully saturated rings. The Labute approximate surface area is 142 Å². The molecular formula is C17H19Cl2NO2. The van der Waals surface area contributed by atoms with Crippen LogP contribution in [0.4, 0.5) is 0 Å². The first-order valence-corrected chi connectivity index (χ1v) is 7.57. The molecule has 2 aromatic rings. The molecule has 0 spiro atoms. The average molecular weight is 340 g/mol. The molecule has 0 bridgehead atoms. The molecule has 5 heteroatoms. The first-order chi connectivity index (χ1) is 10.3. The van der Waals surface area contributed by atoms with E-state index in [2.05, 4.69) is 5.32 Å². The molecule has 2 aromatic carbocycles. The van der Waals surface area contributed by atoms with Gasteiger partial charge in [0.2, 0.25) is 0 Å². The van der Waals surface area contributed by atoms with E-state index < -0.39 is 0 Å². The fraction of sp³-hybridized carbons (Fsp3) is 0.294. The molecule has 0 aliphatic carbocycles. The van der Waals surface area contributed by atoms with E-state index in [1.807, 2.05) is 48.5 Å². The molecule has 0 saturated carbocycles. The van der Waals surface area contributed by atoms with Gasteiger partial charge in [-0.25, -0.2) is 0 Å². The van der Waals surface area contributed by atoms with E-state index in [9.17, 15) is 0 Å². The van der Waals surface area contributed by atoms with E-state index in [4.69, 9.17) is 21.1 Å². The first-order valence-electron chi connectivity index (χ1n) is 7.19. The standard InChI is InChI=1S/C17H18ClNO2.ClH/c18-13-3-5-16(6-4-13)21-17-9-7-15(8-10-17)20-12-14-2-1-11-19-14;/h3-10,14,19H,1-2,11-12H2;1H/t14-;/m0./s1. The van der Waals surface area contributed by atoms with Gasteiger partial charge in [0.15, 0.2) is 0 Å². The summed E-state index contributed by atoms with van der Waals surface area (Å²) in [4.78, 5) is 0. The number of hydrogen-bond acceptors (Lipinski definition) is 3. The minimum atomic E-state index is 0. The molecule has 1 N–H and O–H groups in total. The van der Waals surface area contributed by atoms with Crippen LogP contribution in [0.25, 0.3) is 0 Å². The highest BCUT2D eigenvalue weighted by Crippen LogP contribution is 2.25. The molecule has 1 aliphatic heterocycles. The number of rotatable bonds is 5. The van der Waals surface area contributed by atoms with Gasteiger partial charge < -0.3 is 14.8 Å². The average Bonchev–Trinajstić information content (AvgIpc) is 3.02. The molecule has 1 heterocycles. The molecule has 1 aliphatic rings. The third-order valence-electron chi connectivity index (χ3n) is 3.49. The maximum Gasteiger partial charge on any atom is 0.127 e. The zero-order chi connectivity index (χ0) is 14.5. The Morgan fingerprint density at radius 1 is 0.955 bits per heavy atom. The predicted octanol–water partition coefficient (Wildman–Crippen LogP) is 4.68. The Balaban J connectivity index is 0.00000176. The van der Waals surface area contributed by atoms with E-state index in [1.165, 1.54) is 12.8 Å². The highest BCUT2D eigenvalue weighted by Gasteiger charge is 2.14. The second-order valence-corrected chi connectivity index (χ2v) is 5.57. The van der Waals surface area contributed by atoms with E-state index in [-0.39, 0.29) is 12.4 Å². The lowest BCUT2D eigenvalue weighted by molar-refractivity contribution is 0.277. The Kier molecular flexibility index (Phi) is 6.37. The van der Waals surface area contributed by atoms with Gasteiger partial charge in [0.25, 0.3) is 0 Å². The molecule has 3 nitrogen and oxygen atoms in total. The van der Waals surface area contributed by atoms with E-state index in [0.717, 1.165) is 30.4 Å². The van der Waals surface area contributed by atoms with Crippen LogP contribution in [0.15, 0.2) is 48.5 Å². The quantitative estimate of drug-likeness (QED) is 0.857. The van der Waals surface area contributed by atoms with Crippen LogP contribution in [-0.4, -0.2) is 19.2 Å². The topological polar surface area (TPSA) is 30.5 Å². The van der Waals surface area contributed by atoms with Crippen molar-refractivity contribution in [1.29, 1.82) is 0 Å². The van der Waals surface area contributed by atoms with Gasteiger partial charge in [-0.15, -0.1) is 12.4 Å². The third-order valence-corrected chi connectivity index (χ3v) is 3.74. The highest BCUT2D eigenvalue weighted by molar-refractivity contribution is 6.30. The number of hydrogen-bond donors (Lipinski definition) is 1. The van der Waals surface area contributed by atoms with Gasteiger partial charge in [-0.2, -0.15) is 0 Å². The molecule has 22 heavy (non-hydrogen) atoms. The van der Waals surface area contributed by atoms with Crippen molar-refractivity contribution in [2.75, 3.05) is 13.2 Å². The normalized spacial score (nSPS) is 16.9. The van der Waals surface area contributed by atoms with Crippen molar-refractivity contribution in [1.82, 2.24) is 5.32 Å². The van der Waals surface area contributed by atoms with Crippen LogP contribution in [0.2, 0.25) is 5.02 Å². The molecule has 0 aromatic heterocycles. The number of ether oxygens (including phenoxy) is 2. The van der Waals surface area contributed by atoms with Crippen molar-refractivity contribution in [3.8, 4) is 17.2 Å². The fourth-order valence-corrected chi connectivity index (χ4v) is 2.46. The zero-order valence-corrected chi connectivity index (χ0v) is 13.7. The van der Waals surface area contributed by atoms with Crippen LogP contribution in [0.5, 0.6) is 17.2 Å². The monoisotopic (exact) mass is 339 g/mol. The lowest BCUT2D eigenvalue weighted by Gasteiger charge is -2.12. The first kappa shape index (κ1) is 16.9. The van der Waals surface area contributed by atoms with E-state index >= 15 is 0 Å². The van der Waals surface area contributed by atoms with Gasteiger partial charge in [-0.1, -0.05) is 11.6 Å². The summed E-state index contributed by atoms with van der Waals surface area (Å²) >= 11 is 5.85. The highest BCUT2D eigenvalue weighted by atomic mass is 35.5. The van der Waals surface area contributed by atoms with Crippen LogP contribution >= 0.6 is 24.0 Å². The molecule has 0 radical (unpaired) electrons. The van der Waals surface area contributed by atoms with Crippen LogP contribution < -0.4 is 14.8 Å². The van der Waals surface area contributed by atoms with Crippen LogP contribution in [0, 0.1) is 0 Å². The summed E-state index contributed by atoms with van der Waals surface area (Å²) < 4.78 is 11.5. The molecule has 1 atom stereocenters. The fourth-order valence-electron chi connectivity index (χ4n) is 2.34. The Bertz CT molecular complexity index is 566. The summed E-state index contributed by atoms with van der Waals surface area (Å²) in [5.41, 5.74) is 0. The van der Waals surface area contributed by atoms with Crippen molar-refractivity contribution in [2.24, 2.45) is 0 Å². The van der Waals surface area contributed by atoms with Gasteiger partial charge >= 0.3 is 0 Å². The minimum absolute atomic E-state index is 0. The zero-order valence-electron chi connectivity index (χ0n) is 12.1. The number of nitrogens with one attached hydrogen (secondary N) is 1. The van der Waals surface area contributed by atoms with Gasteiger partial charge in [-0.05, 0) is 67.9 Å². The van der Waals surface area contributed by atoms with E-state index in [0.29, 0.717) is 11.1 Å². The lowest BCUT2D eigenvalue weighted by Crippen LogP contribution is -2.28. The summed E-state index contributed by atoms with van der Waals surface area (Å²) in [6.45, 7) is 1.82. The van der Waals surface area contributed by atoms with Crippen LogP contribution in [0.1, 0.15) is 12.8 Å². The third kappa shape index (κ3) is 4.80. The van der Waals surface area contributed by atoms with Gasteiger partial charge in [0, 0.05) is 11.1 Å². The summed E-state index contributed by atoms with van der Waals surface area (Å²) in [6.07, 6.45) is 2.43. The lowest BCUT2D eigenvalue weighted by atomic mass is 10.2. The Hall–Kier alpha value is -1.42. The van der Waals surface area contributed by atoms with Gasteiger partial charge in [0.05, 0.1) is 0 Å². The van der Waals surface area contributed by atoms with Crippen LogP contribution in [-0.2, 0) is 0 Å². The van der Waals surface area contributed by atoms with Crippen molar-refractivity contribution in [3.05, 3.63) is 53.6 Å². The van der Waals surface area contributed by atoms with Crippen molar-refractivity contribution in [3.63, 3.8) is 0 Å². The van der Waals surface area contributed by atoms with Crippen molar-refractivity contribution < 1.29 is 9.47 Å². The number of benzene rings is 2. The largest absolute Gasteiger partial charge is 0.492 e. The second kappa shape index (κ2) is 8.28. The molecule has 1 saturated heterocycles. The van der Waals surface area contributed by atoms with Gasteiger partial charge in [-0.3, -0.25) is 0 Å². The summed E-state index contributed by atoms with van der Waals surface area (Å²) in [5, 5.41) is 4.12. The minimum Gasteiger partial charge on any atom is -0.492 e. The summed E-state index contributed by atoms with van der Waals surface area (Å²) in [5.74, 6) is 2.42. The SMILES string of the molecule is Cl.Clc1ccc(Oc2ccc(OC[C@@H]3CCCN3)cc2)cc1. The van der Waals surface area contributed by atoms with Crippen molar-refractivity contribution >= 4 is 24.0 Å². The predicted molar refractivity (Wildman–Crippen MR) is 91.7 cm³/mol. The van der Waals surface area contributed by atoms with Crippen LogP contribution in [0.3, 0.4) is 0 Å². The maximum absolute atomic E-state index is 5.85. The molecule has 3 rings (SSSR count). The summed E-state index contributed by atoms with van der Waals surface area (Å²) in [7, 11) is 0. The smallest absolute Gasteiger partial charge is 0.127 e. The van der Waals surface area contributed by atoms with Crippen molar-refractivity contribution in [2.45, 2.75) is 18.9 Å².